The fourth-order valence-electron chi connectivity index (χ4n) is 1.73. The van der Waals surface area contributed by atoms with Gasteiger partial charge in [-0.1, -0.05) is 17.7 Å². The van der Waals surface area contributed by atoms with E-state index in [2.05, 4.69) is 9.88 Å². The molecule has 0 saturated carbocycles. The molecular formula is C10H13ClN2O. The van der Waals surface area contributed by atoms with Gasteiger partial charge in [-0.2, -0.15) is 0 Å². The first-order valence-corrected chi connectivity index (χ1v) is 5.13. The quantitative estimate of drug-likeness (QED) is 0.751. The van der Waals surface area contributed by atoms with Crippen molar-refractivity contribution in [1.82, 2.24) is 9.88 Å². The Kier molecular flexibility index (Phi) is 3.01. The minimum absolute atomic E-state index is 0.176. The average molecular weight is 213 g/mol. The minimum atomic E-state index is -0.176. The molecule has 0 aliphatic carbocycles. The first-order valence-electron chi connectivity index (χ1n) is 4.75. The Morgan fingerprint density at radius 3 is 3.14 bits per heavy atom. The molecule has 2 rings (SSSR count). The molecule has 0 unspecified atom stereocenters. The third-order valence-corrected chi connectivity index (χ3v) is 2.82. The van der Waals surface area contributed by atoms with Crippen LogP contribution < -0.4 is 0 Å². The molecule has 1 N–H and O–H groups in total. The zero-order valence-corrected chi connectivity index (χ0v) is 8.61. The highest BCUT2D eigenvalue weighted by molar-refractivity contribution is 6.30. The van der Waals surface area contributed by atoms with Crippen LogP contribution in [0.4, 0.5) is 0 Å². The van der Waals surface area contributed by atoms with Crippen LogP contribution in [0.15, 0.2) is 18.3 Å². The third-order valence-electron chi connectivity index (χ3n) is 2.48. The van der Waals surface area contributed by atoms with Crippen LogP contribution in [0.5, 0.6) is 0 Å². The summed E-state index contributed by atoms with van der Waals surface area (Å²) < 4.78 is 0. The molecule has 3 nitrogen and oxygen atoms in total. The van der Waals surface area contributed by atoms with Gasteiger partial charge < -0.3 is 5.11 Å². The normalized spacial score (nSPS) is 22.9. The zero-order valence-electron chi connectivity index (χ0n) is 7.86. The standard InChI is InChI=1S/C10H13ClN2O/c11-10-8(2-1-4-12-10)6-13-5-3-9(14)7-13/h1-2,4,9,14H,3,5-7H2/t9-/m0/s1. The second-order valence-corrected chi connectivity index (χ2v) is 3.99. The van der Waals surface area contributed by atoms with E-state index in [9.17, 15) is 5.11 Å². The minimum Gasteiger partial charge on any atom is -0.392 e. The summed E-state index contributed by atoms with van der Waals surface area (Å²) in [6.07, 6.45) is 2.37. The number of aliphatic hydroxyl groups is 1. The summed E-state index contributed by atoms with van der Waals surface area (Å²) in [4.78, 5) is 6.20. The van der Waals surface area contributed by atoms with Gasteiger partial charge in [-0.05, 0) is 12.5 Å². The number of hydrogen-bond donors (Lipinski definition) is 1. The van der Waals surface area contributed by atoms with Crippen molar-refractivity contribution in [2.75, 3.05) is 13.1 Å². The summed E-state index contributed by atoms with van der Waals surface area (Å²) in [5, 5.41) is 9.92. The van der Waals surface area contributed by atoms with E-state index in [0.717, 1.165) is 31.6 Å². The molecule has 1 aliphatic rings. The van der Waals surface area contributed by atoms with Crippen molar-refractivity contribution < 1.29 is 5.11 Å². The van der Waals surface area contributed by atoms with Crippen LogP contribution in [0.2, 0.25) is 5.15 Å². The molecule has 0 aromatic carbocycles. The van der Waals surface area contributed by atoms with E-state index in [4.69, 9.17) is 11.6 Å². The first kappa shape index (κ1) is 9.90. The molecule has 1 aliphatic heterocycles. The number of pyridine rings is 1. The van der Waals surface area contributed by atoms with Crippen LogP contribution >= 0.6 is 11.6 Å². The van der Waals surface area contributed by atoms with E-state index < -0.39 is 0 Å². The lowest BCUT2D eigenvalue weighted by Gasteiger charge is -2.14. The largest absolute Gasteiger partial charge is 0.392 e. The second-order valence-electron chi connectivity index (χ2n) is 3.63. The van der Waals surface area contributed by atoms with Crippen molar-refractivity contribution in [1.29, 1.82) is 0 Å². The average Bonchev–Trinajstić information content (AvgIpc) is 2.56. The second kappa shape index (κ2) is 4.26. The lowest BCUT2D eigenvalue weighted by atomic mass is 10.3. The molecule has 4 heteroatoms. The molecule has 0 spiro atoms. The number of hydrogen-bond acceptors (Lipinski definition) is 3. The highest BCUT2D eigenvalue weighted by Crippen LogP contribution is 2.17. The number of nitrogens with zero attached hydrogens (tertiary/aromatic N) is 2. The van der Waals surface area contributed by atoms with Crippen molar-refractivity contribution in [3.05, 3.63) is 29.0 Å². The highest BCUT2D eigenvalue weighted by Gasteiger charge is 2.20. The van der Waals surface area contributed by atoms with Crippen LogP contribution in [0.3, 0.4) is 0 Å². The molecule has 0 radical (unpaired) electrons. The van der Waals surface area contributed by atoms with Crippen molar-refractivity contribution in [2.45, 2.75) is 19.1 Å². The number of likely N-dealkylation sites (tertiary alicyclic amines) is 1. The lowest BCUT2D eigenvalue weighted by molar-refractivity contribution is 0.175. The summed E-state index contributed by atoms with van der Waals surface area (Å²) >= 11 is 5.94. The first-order chi connectivity index (χ1) is 6.75. The van der Waals surface area contributed by atoms with Crippen LogP contribution in [0.1, 0.15) is 12.0 Å². The van der Waals surface area contributed by atoms with Crippen LogP contribution in [0, 0.1) is 0 Å². The van der Waals surface area contributed by atoms with E-state index in [1.807, 2.05) is 12.1 Å². The van der Waals surface area contributed by atoms with Gasteiger partial charge in [-0.25, -0.2) is 4.98 Å². The van der Waals surface area contributed by atoms with Gasteiger partial charge in [-0.3, -0.25) is 4.90 Å². The van der Waals surface area contributed by atoms with Crippen molar-refractivity contribution >= 4 is 11.6 Å². The van der Waals surface area contributed by atoms with E-state index in [1.54, 1.807) is 6.20 Å². The maximum absolute atomic E-state index is 9.36. The summed E-state index contributed by atoms with van der Waals surface area (Å²) in [6, 6.07) is 3.85. The van der Waals surface area contributed by atoms with Gasteiger partial charge >= 0.3 is 0 Å². The molecule has 1 saturated heterocycles. The fraction of sp³-hybridized carbons (Fsp3) is 0.500. The molecule has 14 heavy (non-hydrogen) atoms. The molecule has 1 atom stereocenters. The molecular weight excluding hydrogens is 200 g/mol. The fourth-order valence-corrected chi connectivity index (χ4v) is 1.91. The van der Waals surface area contributed by atoms with Gasteiger partial charge in [0.2, 0.25) is 0 Å². The van der Waals surface area contributed by atoms with E-state index in [0.29, 0.717) is 5.15 Å². The molecule has 0 amide bonds. The smallest absolute Gasteiger partial charge is 0.133 e. The van der Waals surface area contributed by atoms with Gasteiger partial charge in [0, 0.05) is 31.4 Å². The zero-order chi connectivity index (χ0) is 9.97. The molecule has 76 valence electrons. The molecule has 1 aromatic rings. The van der Waals surface area contributed by atoms with Crippen LogP contribution in [-0.2, 0) is 6.54 Å². The third kappa shape index (κ3) is 2.23. The van der Waals surface area contributed by atoms with Crippen molar-refractivity contribution in [3.8, 4) is 0 Å². The van der Waals surface area contributed by atoms with Gasteiger partial charge in [0.25, 0.3) is 0 Å². The Morgan fingerprint density at radius 1 is 1.64 bits per heavy atom. The number of rotatable bonds is 2. The van der Waals surface area contributed by atoms with Gasteiger partial charge in [0.1, 0.15) is 5.15 Å². The Bertz CT molecular complexity index is 319. The number of aliphatic hydroxyl groups excluding tert-OH is 1. The maximum Gasteiger partial charge on any atom is 0.133 e. The number of aromatic nitrogens is 1. The Morgan fingerprint density at radius 2 is 2.50 bits per heavy atom. The highest BCUT2D eigenvalue weighted by atomic mass is 35.5. The predicted octanol–water partition coefficient (Wildman–Crippen LogP) is 1.30. The topological polar surface area (TPSA) is 36.4 Å². The SMILES string of the molecule is O[C@H]1CCN(Cc2cccnc2Cl)C1. The van der Waals surface area contributed by atoms with Crippen LogP contribution in [-0.4, -0.2) is 34.2 Å². The van der Waals surface area contributed by atoms with E-state index in [-0.39, 0.29) is 6.10 Å². The predicted molar refractivity (Wildman–Crippen MR) is 55.1 cm³/mol. The van der Waals surface area contributed by atoms with Crippen molar-refractivity contribution in [2.24, 2.45) is 0 Å². The van der Waals surface area contributed by atoms with Crippen molar-refractivity contribution in [3.63, 3.8) is 0 Å². The molecule has 1 fully saturated rings. The van der Waals surface area contributed by atoms with Gasteiger partial charge in [0.15, 0.2) is 0 Å². The monoisotopic (exact) mass is 212 g/mol. The summed E-state index contributed by atoms with van der Waals surface area (Å²) in [7, 11) is 0. The molecule has 0 bridgehead atoms. The van der Waals surface area contributed by atoms with E-state index in [1.165, 1.54) is 0 Å². The number of β-amino-alcohol motifs (C(OH)–C–C–N with tert-alkyl or cyclic N) is 1. The summed E-state index contributed by atoms with van der Waals surface area (Å²) in [5.41, 5.74) is 1.03. The maximum atomic E-state index is 9.36. The Balaban J connectivity index is 2.01. The Labute approximate surface area is 88.3 Å². The van der Waals surface area contributed by atoms with E-state index >= 15 is 0 Å². The van der Waals surface area contributed by atoms with Gasteiger partial charge in [0.05, 0.1) is 6.10 Å². The van der Waals surface area contributed by atoms with Crippen LogP contribution in [0.25, 0.3) is 0 Å². The lowest BCUT2D eigenvalue weighted by Crippen LogP contribution is -2.21. The molecule has 1 aromatic heterocycles. The Hall–Kier alpha value is -0.640. The summed E-state index contributed by atoms with van der Waals surface area (Å²) in [5.74, 6) is 0. The van der Waals surface area contributed by atoms with Gasteiger partial charge in [-0.15, -0.1) is 0 Å². The number of halogens is 1. The summed E-state index contributed by atoms with van der Waals surface area (Å²) in [6.45, 7) is 2.46. The molecule has 2 heterocycles.